The number of aliphatic imine (C=N–C) groups is 1. The van der Waals surface area contributed by atoms with E-state index < -0.39 is 35.3 Å². The summed E-state index contributed by atoms with van der Waals surface area (Å²) in [6.45, 7) is 8.73. The van der Waals surface area contributed by atoms with Gasteiger partial charge in [-0.15, -0.1) is 11.3 Å². The fraction of sp³-hybridized carbons (Fsp3) is 0.483. The number of alkyl halides is 3. The van der Waals surface area contributed by atoms with Crippen molar-refractivity contribution in [1.82, 2.24) is 9.80 Å². The number of nitrogens with zero attached hydrogens (tertiary/aromatic N) is 4. The second kappa shape index (κ2) is 12.2. The van der Waals surface area contributed by atoms with Crippen LogP contribution in [0.2, 0.25) is 0 Å². The standard InChI is InChI=1S/C29H33F4N5O3S/c1-17-13-38(14-18(2)36(17)3)26-11-24(30)21(19-8-20(42-16-19)15-37-4-6-41-7-5-37)9-25(26)35-28(40)22-12-34-27(39)10-23(22)29(31,32)33/h8-12,16-18,22H,4-7,13-15H2,1-3H3,(H,35,40)/t17-,18+,22?. The van der Waals surface area contributed by atoms with Crippen LogP contribution in [0.25, 0.3) is 11.1 Å². The van der Waals surface area contributed by atoms with Gasteiger partial charge in [0.1, 0.15) is 11.7 Å². The average molecular weight is 608 g/mol. The maximum Gasteiger partial charge on any atom is 0.414 e. The number of anilines is 2. The number of halogens is 4. The third-order valence-electron chi connectivity index (χ3n) is 8.07. The maximum absolute atomic E-state index is 15.8. The molecule has 2 aromatic rings. The number of likely N-dealkylation sites (N-methyl/N-ethyl adjacent to an activating group) is 1. The highest BCUT2D eigenvalue weighted by Gasteiger charge is 2.43. The van der Waals surface area contributed by atoms with Gasteiger partial charge in [-0.2, -0.15) is 13.2 Å². The van der Waals surface area contributed by atoms with Gasteiger partial charge in [0.05, 0.1) is 30.2 Å². The number of hydrogen-bond acceptors (Lipinski definition) is 7. The molecule has 1 unspecified atom stereocenters. The Morgan fingerprint density at radius 2 is 1.83 bits per heavy atom. The molecular formula is C29H33F4N5O3S. The van der Waals surface area contributed by atoms with Gasteiger partial charge in [0, 0.05) is 67.5 Å². The molecule has 0 bridgehead atoms. The second-order valence-electron chi connectivity index (χ2n) is 11.0. The zero-order valence-electron chi connectivity index (χ0n) is 23.6. The molecule has 3 aliphatic heterocycles. The summed E-state index contributed by atoms with van der Waals surface area (Å²) in [6.07, 6.45) is -3.86. The van der Waals surface area contributed by atoms with E-state index in [1.807, 2.05) is 37.2 Å². The largest absolute Gasteiger partial charge is 0.414 e. The number of benzene rings is 1. The van der Waals surface area contributed by atoms with Crippen LogP contribution >= 0.6 is 11.3 Å². The Balaban J connectivity index is 1.49. The molecule has 2 amide bonds. The number of ether oxygens (including phenoxy) is 1. The third-order valence-corrected chi connectivity index (χ3v) is 8.99. The molecule has 8 nitrogen and oxygen atoms in total. The predicted octanol–water partition coefficient (Wildman–Crippen LogP) is 4.57. The van der Waals surface area contributed by atoms with Crippen molar-refractivity contribution < 1.29 is 31.9 Å². The first-order chi connectivity index (χ1) is 19.9. The summed E-state index contributed by atoms with van der Waals surface area (Å²) < 4.78 is 62.4. The summed E-state index contributed by atoms with van der Waals surface area (Å²) in [5.41, 5.74) is 0.113. The minimum atomic E-state index is -4.91. The van der Waals surface area contributed by atoms with Crippen molar-refractivity contribution in [3.63, 3.8) is 0 Å². The second-order valence-corrected chi connectivity index (χ2v) is 12.0. The molecule has 3 atom stereocenters. The Kier molecular flexibility index (Phi) is 8.83. The van der Waals surface area contributed by atoms with E-state index >= 15 is 4.39 Å². The Hall–Kier alpha value is -3.13. The van der Waals surface area contributed by atoms with Gasteiger partial charge in [0.2, 0.25) is 5.91 Å². The van der Waals surface area contributed by atoms with Gasteiger partial charge in [-0.05, 0) is 50.0 Å². The van der Waals surface area contributed by atoms with E-state index in [2.05, 4.69) is 20.1 Å². The average Bonchev–Trinajstić information content (AvgIpc) is 3.40. The van der Waals surface area contributed by atoms with Crippen LogP contribution in [0, 0.1) is 11.7 Å². The van der Waals surface area contributed by atoms with E-state index in [4.69, 9.17) is 4.74 Å². The van der Waals surface area contributed by atoms with Gasteiger partial charge in [0.25, 0.3) is 5.91 Å². The van der Waals surface area contributed by atoms with Crippen LogP contribution in [0.15, 0.2) is 40.2 Å². The highest BCUT2D eigenvalue weighted by molar-refractivity contribution is 7.10. The minimum absolute atomic E-state index is 0.107. The Morgan fingerprint density at radius 1 is 1.14 bits per heavy atom. The van der Waals surface area contributed by atoms with Crippen molar-refractivity contribution in [3.05, 3.63) is 45.9 Å². The first-order valence-electron chi connectivity index (χ1n) is 13.8. The highest BCUT2D eigenvalue weighted by atomic mass is 32.1. The van der Waals surface area contributed by atoms with E-state index in [9.17, 15) is 22.8 Å². The number of rotatable bonds is 6. The maximum atomic E-state index is 15.8. The van der Waals surface area contributed by atoms with Crippen molar-refractivity contribution >= 4 is 40.7 Å². The van der Waals surface area contributed by atoms with Gasteiger partial charge < -0.3 is 15.0 Å². The lowest BCUT2D eigenvalue weighted by Gasteiger charge is -2.44. The quantitative estimate of drug-likeness (QED) is 0.485. The van der Waals surface area contributed by atoms with Crippen LogP contribution in [0.5, 0.6) is 0 Å². The minimum Gasteiger partial charge on any atom is -0.379 e. The number of carbonyl (C=O) groups excluding carboxylic acids is 2. The lowest BCUT2D eigenvalue weighted by atomic mass is 9.95. The summed E-state index contributed by atoms with van der Waals surface area (Å²) in [6, 6.07) is 4.94. The molecule has 2 fully saturated rings. The number of amides is 2. The van der Waals surface area contributed by atoms with E-state index in [1.54, 1.807) is 0 Å². The summed E-state index contributed by atoms with van der Waals surface area (Å²) in [7, 11) is 2.00. The molecule has 0 saturated carbocycles. The van der Waals surface area contributed by atoms with E-state index in [0.717, 1.165) is 18.0 Å². The van der Waals surface area contributed by atoms with Crippen LogP contribution in [-0.2, 0) is 20.9 Å². The molecule has 5 rings (SSSR count). The smallest absolute Gasteiger partial charge is 0.379 e. The lowest BCUT2D eigenvalue weighted by molar-refractivity contribution is -0.124. The molecule has 13 heteroatoms. The summed E-state index contributed by atoms with van der Waals surface area (Å²) in [5.74, 6) is -4.42. The predicted molar refractivity (Wildman–Crippen MR) is 154 cm³/mol. The summed E-state index contributed by atoms with van der Waals surface area (Å²) >= 11 is 1.49. The Morgan fingerprint density at radius 3 is 2.50 bits per heavy atom. The third kappa shape index (κ3) is 6.59. The molecule has 2 saturated heterocycles. The van der Waals surface area contributed by atoms with Crippen molar-refractivity contribution in [2.45, 2.75) is 38.7 Å². The fourth-order valence-corrected chi connectivity index (χ4v) is 6.42. The van der Waals surface area contributed by atoms with Crippen molar-refractivity contribution in [3.8, 4) is 11.1 Å². The summed E-state index contributed by atoms with van der Waals surface area (Å²) in [4.78, 5) is 35.7. The molecular weight excluding hydrogens is 574 g/mol. The molecule has 42 heavy (non-hydrogen) atoms. The van der Waals surface area contributed by atoms with Crippen LogP contribution in [0.1, 0.15) is 18.7 Å². The molecule has 0 spiro atoms. The number of hydrogen-bond donors (Lipinski definition) is 1. The number of carbonyl (C=O) groups is 2. The molecule has 226 valence electrons. The molecule has 1 aromatic carbocycles. The van der Waals surface area contributed by atoms with E-state index in [-0.39, 0.29) is 23.3 Å². The van der Waals surface area contributed by atoms with Gasteiger partial charge in [-0.3, -0.25) is 19.4 Å². The summed E-state index contributed by atoms with van der Waals surface area (Å²) in [5, 5.41) is 4.46. The topological polar surface area (TPSA) is 77.5 Å². The molecule has 4 heterocycles. The molecule has 1 aromatic heterocycles. The van der Waals surface area contributed by atoms with Gasteiger partial charge in [0.15, 0.2) is 0 Å². The molecule has 1 N–H and O–H groups in total. The highest BCUT2D eigenvalue weighted by Crippen LogP contribution is 2.39. The normalized spacial score (nSPS) is 24.2. The van der Waals surface area contributed by atoms with Gasteiger partial charge in [-0.25, -0.2) is 9.38 Å². The monoisotopic (exact) mass is 607 g/mol. The SMILES string of the molecule is C[C@@H]1CN(c2cc(F)c(-c3csc(CN4CCOCC4)c3)cc2NC(=O)C2C=NC(=O)C=C2C(F)(F)F)C[C@H](C)N1C. The lowest BCUT2D eigenvalue weighted by Crippen LogP contribution is -2.55. The van der Waals surface area contributed by atoms with Crippen molar-refractivity contribution in [2.75, 3.05) is 56.7 Å². The fourth-order valence-electron chi connectivity index (χ4n) is 5.50. The Labute approximate surface area is 245 Å². The molecule has 3 aliphatic rings. The van der Waals surface area contributed by atoms with Gasteiger partial charge in [-0.1, -0.05) is 0 Å². The number of nitrogens with one attached hydrogen (secondary N) is 1. The zero-order chi connectivity index (χ0) is 30.2. The number of morpholine rings is 1. The van der Waals surface area contributed by atoms with Crippen molar-refractivity contribution in [1.29, 1.82) is 0 Å². The Bertz CT molecular complexity index is 1390. The number of piperazine rings is 1. The van der Waals surface area contributed by atoms with Crippen LogP contribution in [0.3, 0.4) is 0 Å². The van der Waals surface area contributed by atoms with Crippen LogP contribution in [0.4, 0.5) is 28.9 Å². The van der Waals surface area contributed by atoms with Gasteiger partial charge >= 0.3 is 6.18 Å². The van der Waals surface area contributed by atoms with Crippen LogP contribution < -0.4 is 10.2 Å². The van der Waals surface area contributed by atoms with E-state index in [1.165, 1.54) is 23.5 Å². The van der Waals surface area contributed by atoms with E-state index in [0.29, 0.717) is 56.4 Å². The molecule has 0 aliphatic carbocycles. The number of thiophene rings is 1. The molecule has 0 radical (unpaired) electrons. The zero-order valence-corrected chi connectivity index (χ0v) is 24.4. The van der Waals surface area contributed by atoms with Crippen LogP contribution in [-0.4, -0.2) is 92.5 Å². The first kappa shape index (κ1) is 30.3. The van der Waals surface area contributed by atoms with Crippen molar-refractivity contribution in [2.24, 2.45) is 10.9 Å². The first-order valence-corrected chi connectivity index (χ1v) is 14.6. The number of dihydropyridines is 1.